The lowest BCUT2D eigenvalue weighted by Gasteiger charge is -2.30. The minimum atomic E-state index is -0.211. The molecule has 0 spiro atoms. The van der Waals surface area contributed by atoms with E-state index in [-0.39, 0.29) is 11.7 Å². The lowest BCUT2D eigenvalue weighted by molar-refractivity contribution is -0.137. The van der Waals surface area contributed by atoms with E-state index in [0.717, 1.165) is 49.9 Å². The third kappa shape index (κ3) is 5.70. The molecular formula is C24H33FN2O. The molecule has 1 aromatic carbocycles. The van der Waals surface area contributed by atoms with Gasteiger partial charge < -0.3 is 9.47 Å². The zero-order valence-corrected chi connectivity index (χ0v) is 17.1. The van der Waals surface area contributed by atoms with Crippen LogP contribution in [0.4, 0.5) is 4.39 Å². The Morgan fingerprint density at radius 1 is 1.11 bits per heavy atom. The predicted molar refractivity (Wildman–Crippen MR) is 111 cm³/mol. The van der Waals surface area contributed by atoms with Crippen molar-refractivity contribution in [2.45, 2.75) is 71.4 Å². The van der Waals surface area contributed by atoms with Gasteiger partial charge in [-0.2, -0.15) is 0 Å². The van der Waals surface area contributed by atoms with Crippen molar-refractivity contribution in [2.75, 3.05) is 6.54 Å². The quantitative estimate of drug-likeness (QED) is 0.504. The Hall–Kier alpha value is -2.10. The fourth-order valence-corrected chi connectivity index (χ4v) is 4.16. The fraction of sp³-hybridized carbons (Fsp3) is 0.542. The van der Waals surface area contributed by atoms with Gasteiger partial charge in [0.15, 0.2) is 0 Å². The van der Waals surface area contributed by atoms with Crippen LogP contribution in [0.5, 0.6) is 0 Å². The Bertz CT molecular complexity index is 731. The van der Waals surface area contributed by atoms with E-state index in [9.17, 15) is 9.18 Å². The second-order valence-electron chi connectivity index (χ2n) is 8.06. The van der Waals surface area contributed by atoms with E-state index in [1.54, 1.807) is 0 Å². The van der Waals surface area contributed by atoms with Gasteiger partial charge >= 0.3 is 0 Å². The van der Waals surface area contributed by atoms with Gasteiger partial charge in [-0.3, -0.25) is 4.79 Å². The summed E-state index contributed by atoms with van der Waals surface area (Å²) in [4.78, 5) is 15.3. The Labute approximate surface area is 168 Å². The molecule has 0 N–H and O–H groups in total. The van der Waals surface area contributed by atoms with E-state index in [2.05, 4.69) is 22.5 Å². The number of rotatable bonds is 9. The summed E-state index contributed by atoms with van der Waals surface area (Å²) in [5.74, 6) is 0.331. The molecule has 1 saturated carbocycles. The Balaban J connectivity index is 1.70. The molecule has 3 rings (SSSR count). The highest BCUT2D eigenvalue weighted by atomic mass is 19.1. The molecule has 4 heteroatoms. The highest BCUT2D eigenvalue weighted by Gasteiger charge is 2.26. The third-order valence-electron chi connectivity index (χ3n) is 5.84. The first-order chi connectivity index (χ1) is 13.7. The van der Waals surface area contributed by atoms with E-state index in [0.29, 0.717) is 19.0 Å². The van der Waals surface area contributed by atoms with Crippen LogP contribution in [0.25, 0.3) is 0 Å². The lowest BCUT2D eigenvalue weighted by Crippen LogP contribution is -2.37. The molecular weight excluding hydrogens is 351 g/mol. The second kappa shape index (κ2) is 10.4. The number of carbonyl (C=O) groups excluding carboxylic acids is 1. The van der Waals surface area contributed by atoms with Gasteiger partial charge in [0.05, 0.1) is 6.54 Å². The molecule has 1 amide bonds. The van der Waals surface area contributed by atoms with Gasteiger partial charge in [0.2, 0.25) is 5.91 Å². The standard InChI is InChI=1S/C24H33FN2O/c1-2-3-7-16-27(24(28)21-9-5-4-6-10-21)19-23-11-8-17-26(23)18-20-12-14-22(25)15-13-20/h8,11-15,17,21H,2-7,9-10,16,18-19H2,1H3. The van der Waals surface area contributed by atoms with E-state index < -0.39 is 0 Å². The van der Waals surface area contributed by atoms with Crippen LogP contribution in [0.15, 0.2) is 42.6 Å². The summed E-state index contributed by atoms with van der Waals surface area (Å²) in [5, 5.41) is 0. The Morgan fingerprint density at radius 2 is 1.86 bits per heavy atom. The average molecular weight is 385 g/mol. The van der Waals surface area contributed by atoms with Crippen molar-refractivity contribution in [1.82, 2.24) is 9.47 Å². The molecule has 0 bridgehead atoms. The first-order valence-electron chi connectivity index (χ1n) is 10.8. The predicted octanol–water partition coefficient (Wildman–Crippen LogP) is 5.77. The maximum Gasteiger partial charge on any atom is 0.226 e. The van der Waals surface area contributed by atoms with Gasteiger partial charge in [-0.15, -0.1) is 0 Å². The van der Waals surface area contributed by atoms with E-state index in [4.69, 9.17) is 0 Å². The Morgan fingerprint density at radius 3 is 2.57 bits per heavy atom. The second-order valence-corrected chi connectivity index (χ2v) is 8.06. The Kier molecular flexibility index (Phi) is 7.70. The number of carbonyl (C=O) groups is 1. The zero-order chi connectivity index (χ0) is 19.8. The first-order valence-corrected chi connectivity index (χ1v) is 10.8. The summed E-state index contributed by atoms with van der Waals surface area (Å²) in [5.41, 5.74) is 2.21. The molecule has 1 fully saturated rings. The molecule has 1 heterocycles. The summed E-state index contributed by atoms with van der Waals surface area (Å²) >= 11 is 0. The number of benzene rings is 1. The fourth-order valence-electron chi connectivity index (χ4n) is 4.16. The summed E-state index contributed by atoms with van der Waals surface area (Å²) in [7, 11) is 0. The molecule has 1 aromatic heterocycles. The molecule has 0 atom stereocenters. The van der Waals surface area contributed by atoms with Crippen LogP contribution in [0, 0.1) is 11.7 Å². The van der Waals surface area contributed by atoms with E-state index in [1.807, 2.05) is 24.4 Å². The van der Waals surface area contributed by atoms with Crippen molar-refractivity contribution in [3.63, 3.8) is 0 Å². The molecule has 2 aromatic rings. The molecule has 0 aliphatic heterocycles. The number of nitrogens with zero attached hydrogens (tertiary/aromatic N) is 2. The first kappa shape index (κ1) is 20.6. The monoisotopic (exact) mass is 384 g/mol. The number of hydrogen-bond donors (Lipinski definition) is 0. The van der Waals surface area contributed by atoms with Crippen molar-refractivity contribution in [1.29, 1.82) is 0 Å². The van der Waals surface area contributed by atoms with Crippen molar-refractivity contribution in [3.05, 3.63) is 59.7 Å². The van der Waals surface area contributed by atoms with Crippen molar-refractivity contribution in [2.24, 2.45) is 5.92 Å². The zero-order valence-electron chi connectivity index (χ0n) is 17.1. The third-order valence-corrected chi connectivity index (χ3v) is 5.84. The largest absolute Gasteiger partial charge is 0.345 e. The maximum absolute atomic E-state index is 13.2. The number of halogens is 1. The number of aromatic nitrogens is 1. The number of amides is 1. The van der Waals surface area contributed by atoms with Crippen LogP contribution < -0.4 is 0 Å². The molecule has 0 saturated heterocycles. The van der Waals surface area contributed by atoms with Gasteiger partial charge in [0, 0.05) is 30.9 Å². The maximum atomic E-state index is 13.2. The number of hydrogen-bond acceptors (Lipinski definition) is 1. The molecule has 28 heavy (non-hydrogen) atoms. The molecule has 0 radical (unpaired) electrons. The molecule has 0 unspecified atom stereocenters. The normalized spacial score (nSPS) is 14.9. The van der Waals surface area contributed by atoms with E-state index >= 15 is 0 Å². The molecule has 152 valence electrons. The minimum absolute atomic E-state index is 0.205. The minimum Gasteiger partial charge on any atom is -0.345 e. The van der Waals surface area contributed by atoms with Crippen molar-refractivity contribution in [3.8, 4) is 0 Å². The average Bonchev–Trinajstić information content (AvgIpc) is 3.16. The molecule has 3 nitrogen and oxygen atoms in total. The summed E-state index contributed by atoms with van der Waals surface area (Å²) in [6.45, 7) is 4.39. The van der Waals surface area contributed by atoms with E-state index in [1.165, 1.54) is 31.4 Å². The van der Waals surface area contributed by atoms with Crippen molar-refractivity contribution < 1.29 is 9.18 Å². The topological polar surface area (TPSA) is 25.2 Å². The van der Waals surface area contributed by atoms with Crippen molar-refractivity contribution >= 4 is 5.91 Å². The smallest absolute Gasteiger partial charge is 0.226 e. The SMILES string of the molecule is CCCCCN(Cc1cccn1Cc1ccc(F)cc1)C(=O)C1CCCCC1. The van der Waals surface area contributed by atoms with Gasteiger partial charge in [-0.05, 0) is 49.1 Å². The molecule has 1 aliphatic rings. The van der Waals surface area contributed by atoms with Gasteiger partial charge in [0.1, 0.15) is 5.82 Å². The summed E-state index contributed by atoms with van der Waals surface area (Å²) in [6.07, 6.45) is 11.1. The van der Waals surface area contributed by atoms with Crippen LogP contribution in [-0.4, -0.2) is 21.9 Å². The summed E-state index contributed by atoms with van der Waals surface area (Å²) < 4.78 is 15.4. The van der Waals surface area contributed by atoms with Crippen LogP contribution in [0.1, 0.15) is 69.5 Å². The molecule has 1 aliphatic carbocycles. The highest BCUT2D eigenvalue weighted by Crippen LogP contribution is 2.26. The van der Waals surface area contributed by atoms with Crippen LogP contribution in [-0.2, 0) is 17.9 Å². The van der Waals surface area contributed by atoms with Crippen LogP contribution in [0.2, 0.25) is 0 Å². The number of unbranched alkanes of at least 4 members (excludes halogenated alkanes) is 2. The summed E-state index contributed by atoms with van der Waals surface area (Å²) in [6, 6.07) is 10.8. The lowest BCUT2D eigenvalue weighted by atomic mass is 9.88. The van der Waals surface area contributed by atoms with Crippen LogP contribution in [0.3, 0.4) is 0 Å². The van der Waals surface area contributed by atoms with Gasteiger partial charge in [-0.1, -0.05) is 51.2 Å². The van der Waals surface area contributed by atoms with Gasteiger partial charge in [-0.25, -0.2) is 4.39 Å². The van der Waals surface area contributed by atoms with Crippen LogP contribution >= 0.6 is 0 Å². The van der Waals surface area contributed by atoms with Gasteiger partial charge in [0.25, 0.3) is 0 Å². The highest BCUT2D eigenvalue weighted by molar-refractivity contribution is 5.78.